The van der Waals surface area contributed by atoms with Crippen molar-refractivity contribution in [2.45, 2.75) is 57.2 Å². The smallest absolute Gasteiger partial charge is 0.410 e. The van der Waals surface area contributed by atoms with Crippen LogP contribution in [0.1, 0.15) is 39.2 Å². The normalized spacial score (nSPS) is 20.0. The zero-order valence-corrected chi connectivity index (χ0v) is 14.5. The first-order valence-electron chi connectivity index (χ1n) is 7.57. The molecule has 122 valence electrons. The van der Waals surface area contributed by atoms with E-state index in [0.29, 0.717) is 17.3 Å². The number of hydrogen-bond acceptors (Lipinski definition) is 4. The third-order valence-corrected chi connectivity index (χ3v) is 4.86. The van der Waals surface area contributed by atoms with E-state index in [1.807, 2.05) is 33.8 Å². The summed E-state index contributed by atoms with van der Waals surface area (Å²) < 4.78 is 17.9. The van der Waals surface area contributed by atoms with E-state index < -0.39 is 16.4 Å². The minimum Gasteiger partial charge on any atom is -0.444 e. The average molecular weight is 324 g/mol. The van der Waals surface area contributed by atoms with Gasteiger partial charge in [0.1, 0.15) is 10.6 Å². The van der Waals surface area contributed by atoms with Crippen LogP contribution in [0.2, 0.25) is 0 Å². The van der Waals surface area contributed by atoms with Gasteiger partial charge in [-0.2, -0.15) is 0 Å². The van der Waals surface area contributed by atoms with Gasteiger partial charge in [-0.25, -0.2) is 9.78 Å². The largest absolute Gasteiger partial charge is 0.444 e. The molecule has 1 aromatic heterocycles. The predicted molar refractivity (Wildman–Crippen MR) is 86.2 cm³/mol. The lowest BCUT2D eigenvalue weighted by Gasteiger charge is -2.28. The minimum absolute atomic E-state index is 0.0428. The van der Waals surface area contributed by atoms with Crippen LogP contribution in [-0.2, 0) is 15.5 Å². The van der Waals surface area contributed by atoms with Gasteiger partial charge in [-0.05, 0) is 52.2 Å². The van der Waals surface area contributed by atoms with E-state index in [0.717, 1.165) is 18.4 Å². The standard InChI is InChI=1S/C16H24N2O3S/c1-12-7-8-14(17-10-12)22(20)11-13-6-5-9-18(13)15(19)21-16(2,3)4/h7-8,10,13H,5-6,9,11H2,1-4H3/t13-,22+/m0/s1. The molecule has 6 heteroatoms. The topological polar surface area (TPSA) is 59.5 Å². The number of ether oxygens (including phenoxy) is 1. The number of rotatable bonds is 3. The zero-order valence-electron chi connectivity index (χ0n) is 13.7. The highest BCUT2D eigenvalue weighted by molar-refractivity contribution is 7.85. The van der Waals surface area contributed by atoms with Crippen LogP contribution in [0, 0.1) is 6.92 Å². The van der Waals surface area contributed by atoms with E-state index >= 15 is 0 Å². The molecule has 0 radical (unpaired) electrons. The van der Waals surface area contributed by atoms with E-state index in [9.17, 15) is 9.00 Å². The van der Waals surface area contributed by atoms with Gasteiger partial charge in [0.2, 0.25) is 0 Å². The summed E-state index contributed by atoms with van der Waals surface area (Å²) in [7, 11) is -1.20. The van der Waals surface area contributed by atoms with Crippen molar-refractivity contribution >= 4 is 16.9 Å². The Kier molecular flexibility index (Phi) is 5.21. The molecule has 0 spiro atoms. The highest BCUT2D eigenvalue weighted by atomic mass is 32.2. The van der Waals surface area contributed by atoms with E-state index in [2.05, 4.69) is 4.98 Å². The molecule has 1 fully saturated rings. The minimum atomic E-state index is -1.20. The second kappa shape index (κ2) is 6.77. The van der Waals surface area contributed by atoms with Gasteiger partial charge >= 0.3 is 6.09 Å². The van der Waals surface area contributed by atoms with E-state index in [4.69, 9.17) is 4.74 Å². The third-order valence-electron chi connectivity index (χ3n) is 3.47. The Bertz CT molecular complexity index is 552. The number of nitrogens with zero attached hydrogens (tertiary/aromatic N) is 2. The van der Waals surface area contributed by atoms with Crippen LogP contribution in [0.25, 0.3) is 0 Å². The second-order valence-electron chi connectivity index (χ2n) is 6.66. The quantitative estimate of drug-likeness (QED) is 0.858. The zero-order chi connectivity index (χ0) is 16.3. The molecule has 22 heavy (non-hydrogen) atoms. The summed E-state index contributed by atoms with van der Waals surface area (Å²) in [6, 6.07) is 3.65. The summed E-state index contributed by atoms with van der Waals surface area (Å²) >= 11 is 0. The molecule has 0 saturated carbocycles. The van der Waals surface area contributed by atoms with Crippen LogP contribution in [-0.4, -0.2) is 44.1 Å². The molecule has 2 rings (SSSR count). The molecule has 2 atom stereocenters. The van der Waals surface area contributed by atoms with Gasteiger partial charge in [0, 0.05) is 18.8 Å². The first-order valence-corrected chi connectivity index (χ1v) is 8.89. The number of hydrogen-bond donors (Lipinski definition) is 0. The average Bonchev–Trinajstić information content (AvgIpc) is 2.85. The van der Waals surface area contributed by atoms with Crippen molar-refractivity contribution in [3.63, 3.8) is 0 Å². The molecule has 0 unspecified atom stereocenters. The maximum absolute atomic E-state index is 12.4. The van der Waals surface area contributed by atoms with Gasteiger partial charge in [-0.3, -0.25) is 4.21 Å². The Balaban J connectivity index is 2.00. The van der Waals surface area contributed by atoms with Gasteiger partial charge in [0.15, 0.2) is 0 Å². The van der Waals surface area contributed by atoms with Gasteiger partial charge in [0.25, 0.3) is 0 Å². The molecule has 0 N–H and O–H groups in total. The van der Waals surface area contributed by atoms with E-state index in [1.54, 1.807) is 17.2 Å². The highest BCUT2D eigenvalue weighted by Crippen LogP contribution is 2.22. The van der Waals surface area contributed by atoms with Crippen molar-refractivity contribution in [1.29, 1.82) is 0 Å². The Labute approximate surface area is 134 Å². The van der Waals surface area contributed by atoms with Crippen LogP contribution in [0.15, 0.2) is 23.4 Å². The summed E-state index contributed by atoms with van der Waals surface area (Å²) in [6.07, 6.45) is 3.18. The summed E-state index contributed by atoms with van der Waals surface area (Å²) in [5, 5.41) is 0.571. The van der Waals surface area contributed by atoms with Gasteiger partial charge in [-0.1, -0.05) is 6.07 Å². The molecule has 1 saturated heterocycles. The van der Waals surface area contributed by atoms with Crippen LogP contribution in [0.4, 0.5) is 4.79 Å². The molecule has 1 aliphatic rings. The summed E-state index contributed by atoms with van der Waals surface area (Å²) in [6.45, 7) is 8.16. The SMILES string of the molecule is Cc1ccc([S@](=O)C[C@@H]2CCCN2C(=O)OC(C)(C)C)nc1. The molecule has 0 aromatic carbocycles. The third kappa shape index (κ3) is 4.53. The molecular weight excluding hydrogens is 300 g/mol. The van der Waals surface area contributed by atoms with Crippen LogP contribution in [0.5, 0.6) is 0 Å². The van der Waals surface area contributed by atoms with Crippen LogP contribution in [0.3, 0.4) is 0 Å². The lowest BCUT2D eigenvalue weighted by atomic mass is 10.2. The maximum atomic E-state index is 12.4. The Morgan fingerprint density at radius 1 is 1.45 bits per heavy atom. The highest BCUT2D eigenvalue weighted by Gasteiger charge is 2.33. The Morgan fingerprint density at radius 2 is 2.18 bits per heavy atom. The van der Waals surface area contributed by atoms with Crippen molar-refractivity contribution < 1.29 is 13.7 Å². The number of likely N-dealkylation sites (tertiary alicyclic amines) is 1. The van der Waals surface area contributed by atoms with Gasteiger partial charge in [-0.15, -0.1) is 0 Å². The van der Waals surface area contributed by atoms with Crippen molar-refractivity contribution in [3.8, 4) is 0 Å². The fourth-order valence-corrected chi connectivity index (χ4v) is 3.68. The first kappa shape index (κ1) is 16.9. The molecule has 0 bridgehead atoms. The fraction of sp³-hybridized carbons (Fsp3) is 0.625. The van der Waals surface area contributed by atoms with E-state index in [-0.39, 0.29) is 12.1 Å². The number of aromatic nitrogens is 1. The lowest BCUT2D eigenvalue weighted by Crippen LogP contribution is -2.42. The number of amides is 1. The Hall–Kier alpha value is -1.43. The van der Waals surface area contributed by atoms with Crippen molar-refractivity contribution in [2.24, 2.45) is 0 Å². The van der Waals surface area contributed by atoms with Crippen molar-refractivity contribution in [3.05, 3.63) is 23.9 Å². The Morgan fingerprint density at radius 3 is 2.77 bits per heavy atom. The molecule has 1 aliphatic heterocycles. The van der Waals surface area contributed by atoms with Crippen LogP contribution < -0.4 is 0 Å². The summed E-state index contributed by atoms with van der Waals surface area (Å²) in [5.41, 5.74) is 0.527. The molecule has 5 nitrogen and oxygen atoms in total. The number of aryl methyl sites for hydroxylation is 1. The first-order chi connectivity index (χ1) is 10.3. The van der Waals surface area contributed by atoms with Crippen LogP contribution >= 0.6 is 0 Å². The van der Waals surface area contributed by atoms with E-state index in [1.165, 1.54) is 0 Å². The summed E-state index contributed by atoms with van der Waals surface area (Å²) in [4.78, 5) is 18.1. The van der Waals surface area contributed by atoms with Gasteiger partial charge in [0.05, 0.1) is 16.6 Å². The van der Waals surface area contributed by atoms with Crippen molar-refractivity contribution in [2.75, 3.05) is 12.3 Å². The number of carbonyl (C=O) groups excluding carboxylic acids is 1. The second-order valence-corrected chi connectivity index (χ2v) is 8.10. The van der Waals surface area contributed by atoms with Gasteiger partial charge < -0.3 is 9.64 Å². The molecule has 1 aromatic rings. The molecular formula is C16H24N2O3S. The number of carbonyl (C=O) groups is 1. The number of pyridine rings is 1. The summed E-state index contributed by atoms with van der Waals surface area (Å²) in [5.74, 6) is 0.412. The maximum Gasteiger partial charge on any atom is 0.410 e. The molecule has 0 aliphatic carbocycles. The van der Waals surface area contributed by atoms with Crippen molar-refractivity contribution in [1.82, 2.24) is 9.88 Å². The fourth-order valence-electron chi connectivity index (χ4n) is 2.42. The molecule has 2 heterocycles. The monoisotopic (exact) mass is 324 g/mol. The predicted octanol–water partition coefficient (Wildman–Crippen LogP) is 2.90. The molecule has 1 amide bonds. The lowest BCUT2D eigenvalue weighted by molar-refractivity contribution is 0.0241.